The van der Waals surface area contributed by atoms with Gasteiger partial charge in [0.05, 0.1) is 5.92 Å². The van der Waals surface area contributed by atoms with Crippen molar-refractivity contribution < 1.29 is 28.2 Å². The largest absolute Gasteiger partial charge is 0.486 e. The highest BCUT2D eigenvalue weighted by Crippen LogP contribution is 2.32. The minimum absolute atomic E-state index is 0.0101. The second-order valence-electron chi connectivity index (χ2n) is 6.60. The molecule has 2 atom stereocenters. The molecule has 0 heterocycles. The molecule has 5 nitrogen and oxygen atoms in total. The number of hydrogen-bond donors (Lipinski definition) is 2. The van der Waals surface area contributed by atoms with E-state index in [2.05, 4.69) is 5.32 Å². The van der Waals surface area contributed by atoms with E-state index in [4.69, 9.17) is 9.84 Å². The van der Waals surface area contributed by atoms with E-state index >= 15 is 0 Å². The smallest absolute Gasteiger partial charge is 0.306 e. The number of halogens is 2. The third-order valence-corrected chi connectivity index (χ3v) is 4.64. The van der Waals surface area contributed by atoms with Gasteiger partial charge in [-0.3, -0.25) is 9.59 Å². The maximum Gasteiger partial charge on any atom is 0.306 e. The van der Waals surface area contributed by atoms with Gasteiger partial charge in [-0.2, -0.15) is 0 Å². The van der Waals surface area contributed by atoms with Gasteiger partial charge in [0, 0.05) is 17.7 Å². The number of carboxylic acid groups (broad SMARTS) is 1. The van der Waals surface area contributed by atoms with Crippen LogP contribution in [0.4, 0.5) is 14.5 Å². The zero-order valence-electron chi connectivity index (χ0n) is 14.5. The fourth-order valence-corrected chi connectivity index (χ4v) is 3.17. The normalized spacial score (nSPS) is 18.9. The van der Waals surface area contributed by atoms with E-state index in [1.807, 2.05) is 0 Å². The number of anilines is 1. The number of amides is 1. The molecule has 1 aliphatic rings. The zero-order valence-corrected chi connectivity index (χ0v) is 14.5. The summed E-state index contributed by atoms with van der Waals surface area (Å²) >= 11 is 0. The van der Waals surface area contributed by atoms with Gasteiger partial charge in [0.1, 0.15) is 12.4 Å². The number of benzene rings is 2. The van der Waals surface area contributed by atoms with Crippen LogP contribution >= 0.6 is 0 Å². The summed E-state index contributed by atoms with van der Waals surface area (Å²) in [5, 5.41) is 11.6. The van der Waals surface area contributed by atoms with Crippen molar-refractivity contribution in [3.05, 3.63) is 59.7 Å². The average Bonchev–Trinajstić information content (AvgIpc) is 3.12. The minimum Gasteiger partial charge on any atom is -0.486 e. The molecule has 142 valence electrons. The van der Waals surface area contributed by atoms with Crippen LogP contribution in [0.25, 0.3) is 0 Å². The fourth-order valence-electron chi connectivity index (χ4n) is 3.17. The van der Waals surface area contributed by atoms with Gasteiger partial charge in [-0.15, -0.1) is 0 Å². The van der Waals surface area contributed by atoms with E-state index in [-0.39, 0.29) is 24.0 Å². The number of carbonyl (C=O) groups excluding carboxylic acids is 1. The molecule has 0 spiro atoms. The Labute approximate surface area is 155 Å². The second kappa shape index (κ2) is 8.16. The summed E-state index contributed by atoms with van der Waals surface area (Å²) in [5.41, 5.74) is 0.843. The Morgan fingerprint density at radius 2 is 1.89 bits per heavy atom. The topological polar surface area (TPSA) is 75.6 Å². The number of carbonyl (C=O) groups is 2. The highest BCUT2D eigenvalue weighted by molar-refractivity contribution is 5.93. The molecule has 1 saturated carbocycles. The quantitative estimate of drug-likeness (QED) is 0.801. The minimum atomic E-state index is -0.892. The van der Waals surface area contributed by atoms with Gasteiger partial charge in [0.15, 0.2) is 11.6 Å². The molecule has 27 heavy (non-hydrogen) atoms. The first-order valence-corrected chi connectivity index (χ1v) is 8.63. The number of rotatable bonds is 6. The predicted octanol–water partition coefficient (Wildman–Crippen LogP) is 3.98. The van der Waals surface area contributed by atoms with Crippen molar-refractivity contribution in [1.29, 1.82) is 0 Å². The lowest BCUT2D eigenvalue weighted by Crippen LogP contribution is -2.21. The number of aliphatic carboxylic acids is 1. The lowest BCUT2D eigenvalue weighted by molar-refractivity contribution is -0.141. The molecular weight excluding hydrogens is 356 g/mol. The van der Waals surface area contributed by atoms with Crippen molar-refractivity contribution in [3.8, 4) is 5.75 Å². The molecule has 3 rings (SSSR count). The molecule has 0 saturated heterocycles. The summed E-state index contributed by atoms with van der Waals surface area (Å²) in [6, 6.07) is 9.86. The highest BCUT2D eigenvalue weighted by atomic mass is 19.1. The summed E-state index contributed by atoms with van der Waals surface area (Å²) in [6.07, 6.45) is 1.26. The van der Waals surface area contributed by atoms with Crippen LogP contribution in [0.15, 0.2) is 42.5 Å². The number of nitrogens with one attached hydrogen (secondary N) is 1. The number of ether oxygens (including phenoxy) is 1. The summed E-state index contributed by atoms with van der Waals surface area (Å²) in [7, 11) is 0. The van der Waals surface area contributed by atoms with E-state index in [1.165, 1.54) is 24.3 Å². The summed E-state index contributed by atoms with van der Waals surface area (Å²) in [4.78, 5) is 23.2. The lowest BCUT2D eigenvalue weighted by atomic mass is 10.0. The van der Waals surface area contributed by atoms with Gasteiger partial charge in [0.25, 0.3) is 0 Å². The van der Waals surface area contributed by atoms with Crippen molar-refractivity contribution in [2.45, 2.75) is 25.9 Å². The molecule has 2 aromatic rings. The summed E-state index contributed by atoms with van der Waals surface area (Å²) in [5.74, 6) is -3.16. The Morgan fingerprint density at radius 1 is 1.11 bits per heavy atom. The van der Waals surface area contributed by atoms with Crippen LogP contribution in [-0.2, 0) is 16.2 Å². The SMILES string of the molecule is O=C(O)[C@@H]1CC[C@H](C(=O)Nc2ccc(OCc3cccc(F)c3)c(F)c2)C1. The Balaban J connectivity index is 1.58. The standard InChI is InChI=1S/C20H19F2NO4/c21-15-3-1-2-12(8-15)11-27-18-7-6-16(10-17(18)22)23-19(24)13-4-5-14(9-13)20(25)26/h1-3,6-8,10,13-14H,4-5,9,11H2,(H,23,24)(H,25,26)/t13-,14+/m0/s1. The Hall–Kier alpha value is -2.96. The van der Waals surface area contributed by atoms with Gasteiger partial charge in [-0.1, -0.05) is 12.1 Å². The predicted molar refractivity (Wildman–Crippen MR) is 94.2 cm³/mol. The molecule has 0 radical (unpaired) electrons. The first-order valence-electron chi connectivity index (χ1n) is 8.63. The molecule has 2 N–H and O–H groups in total. The molecule has 0 aliphatic heterocycles. The maximum atomic E-state index is 14.2. The van der Waals surface area contributed by atoms with E-state index in [9.17, 15) is 18.4 Å². The zero-order chi connectivity index (χ0) is 19.4. The number of hydrogen-bond acceptors (Lipinski definition) is 3. The van der Waals surface area contributed by atoms with E-state index in [1.54, 1.807) is 12.1 Å². The molecule has 0 bridgehead atoms. The van der Waals surface area contributed by atoms with E-state index in [0.717, 1.165) is 6.07 Å². The molecule has 0 unspecified atom stereocenters. The Morgan fingerprint density at radius 3 is 2.56 bits per heavy atom. The average molecular weight is 375 g/mol. The first-order chi connectivity index (χ1) is 12.9. The molecule has 1 aliphatic carbocycles. The van der Waals surface area contributed by atoms with Gasteiger partial charge in [-0.05, 0) is 49.1 Å². The Kier molecular flexibility index (Phi) is 5.69. The Bertz CT molecular complexity index is 856. The van der Waals surface area contributed by atoms with E-state index < -0.39 is 29.4 Å². The van der Waals surface area contributed by atoms with Gasteiger partial charge < -0.3 is 15.2 Å². The van der Waals surface area contributed by atoms with Gasteiger partial charge >= 0.3 is 5.97 Å². The molecule has 2 aromatic carbocycles. The van der Waals surface area contributed by atoms with Crippen LogP contribution in [0.5, 0.6) is 5.75 Å². The van der Waals surface area contributed by atoms with Crippen molar-refractivity contribution in [1.82, 2.24) is 0 Å². The monoisotopic (exact) mass is 375 g/mol. The molecule has 1 fully saturated rings. The van der Waals surface area contributed by atoms with Crippen molar-refractivity contribution in [3.63, 3.8) is 0 Å². The van der Waals surface area contributed by atoms with Crippen LogP contribution < -0.4 is 10.1 Å². The third-order valence-electron chi connectivity index (χ3n) is 4.64. The molecule has 1 amide bonds. The van der Waals surface area contributed by atoms with Crippen molar-refractivity contribution in [2.24, 2.45) is 11.8 Å². The van der Waals surface area contributed by atoms with Crippen LogP contribution in [0.3, 0.4) is 0 Å². The lowest BCUT2D eigenvalue weighted by Gasteiger charge is -2.12. The summed E-state index contributed by atoms with van der Waals surface area (Å²) in [6.45, 7) is 0.0129. The highest BCUT2D eigenvalue weighted by Gasteiger charge is 2.33. The van der Waals surface area contributed by atoms with Crippen LogP contribution in [0.2, 0.25) is 0 Å². The third kappa shape index (κ3) is 4.81. The fraction of sp³-hybridized carbons (Fsp3) is 0.300. The van der Waals surface area contributed by atoms with Crippen LogP contribution in [0.1, 0.15) is 24.8 Å². The van der Waals surface area contributed by atoms with Crippen LogP contribution in [-0.4, -0.2) is 17.0 Å². The molecule has 7 heteroatoms. The van der Waals surface area contributed by atoms with Gasteiger partial charge in [0.2, 0.25) is 5.91 Å². The van der Waals surface area contributed by atoms with Crippen molar-refractivity contribution >= 4 is 17.6 Å². The van der Waals surface area contributed by atoms with E-state index in [0.29, 0.717) is 24.8 Å². The first kappa shape index (κ1) is 18.8. The van der Waals surface area contributed by atoms with Crippen molar-refractivity contribution in [2.75, 3.05) is 5.32 Å². The number of carboxylic acids is 1. The van der Waals surface area contributed by atoms with Gasteiger partial charge in [-0.25, -0.2) is 8.78 Å². The summed E-state index contributed by atoms with van der Waals surface area (Å²) < 4.78 is 32.7. The second-order valence-corrected chi connectivity index (χ2v) is 6.60. The maximum absolute atomic E-state index is 14.2. The molecule has 0 aromatic heterocycles. The van der Waals surface area contributed by atoms with Crippen LogP contribution in [0, 0.1) is 23.5 Å². The molecular formula is C20H19F2NO4.